The molecular weight excluding hydrogens is 322 g/mol. The fourth-order valence-electron chi connectivity index (χ4n) is 2.77. The molecule has 3 rings (SSSR count). The fraction of sp³-hybridized carbons (Fsp3) is 0.429. The van der Waals surface area contributed by atoms with Crippen molar-refractivity contribution in [1.29, 1.82) is 0 Å². The van der Waals surface area contributed by atoms with Gasteiger partial charge in [-0.25, -0.2) is 9.78 Å². The van der Waals surface area contributed by atoms with Crippen molar-refractivity contribution in [1.82, 2.24) is 14.7 Å². The summed E-state index contributed by atoms with van der Waals surface area (Å²) in [4.78, 5) is 15.7. The number of aromatic nitrogens is 2. The maximum atomic E-state index is 11.3. The monoisotopic (exact) mass is 337 g/mol. The van der Waals surface area contributed by atoms with Crippen molar-refractivity contribution < 1.29 is 9.90 Å². The Morgan fingerprint density at radius 2 is 2.20 bits per heavy atom. The molecule has 0 unspecified atom stereocenters. The number of hydrogen-bond acceptors (Lipinski definition) is 3. The van der Waals surface area contributed by atoms with Crippen LogP contribution >= 0.6 is 15.9 Å². The van der Waals surface area contributed by atoms with Crippen LogP contribution in [0.15, 0.2) is 22.8 Å². The second-order valence-corrected chi connectivity index (χ2v) is 6.10. The molecule has 6 heteroatoms. The second-order valence-electron chi connectivity index (χ2n) is 5.18. The molecule has 0 atom stereocenters. The predicted octanol–water partition coefficient (Wildman–Crippen LogP) is 2.34. The van der Waals surface area contributed by atoms with Crippen LogP contribution in [-0.2, 0) is 6.42 Å². The highest BCUT2D eigenvalue weighted by Gasteiger charge is 2.20. The lowest BCUT2D eigenvalue weighted by atomic mass is 9.94. The predicted molar refractivity (Wildman–Crippen MR) is 79.1 cm³/mol. The molecule has 0 amide bonds. The minimum Gasteiger partial charge on any atom is -0.476 e. The molecule has 0 spiro atoms. The van der Waals surface area contributed by atoms with Gasteiger partial charge in [-0.2, -0.15) is 0 Å². The van der Waals surface area contributed by atoms with Crippen LogP contribution in [0, 0.1) is 5.92 Å². The highest BCUT2D eigenvalue weighted by Crippen LogP contribution is 2.22. The number of halogens is 1. The zero-order chi connectivity index (χ0) is 14.1. The van der Waals surface area contributed by atoms with E-state index in [0.717, 1.165) is 42.6 Å². The molecule has 3 heterocycles. The molecule has 0 bridgehead atoms. The van der Waals surface area contributed by atoms with Crippen LogP contribution in [0.2, 0.25) is 0 Å². The number of piperidine rings is 1. The number of carboxylic acids is 1. The van der Waals surface area contributed by atoms with Crippen molar-refractivity contribution in [2.24, 2.45) is 5.92 Å². The third-order valence-corrected chi connectivity index (χ3v) is 4.28. The molecule has 2 aromatic rings. The lowest BCUT2D eigenvalue weighted by molar-refractivity contribution is 0.0693. The largest absolute Gasteiger partial charge is 0.476 e. The van der Waals surface area contributed by atoms with E-state index in [4.69, 9.17) is 0 Å². The fourth-order valence-corrected chi connectivity index (χ4v) is 3.10. The summed E-state index contributed by atoms with van der Waals surface area (Å²) >= 11 is 3.43. The van der Waals surface area contributed by atoms with E-state index >= 15 is 0 Å². The van der Waals surface area contributed by atoms with E-state index < -0.39 is 5.97 Å². The number of fused-ring (bicyclic) bond motifs is 1. The van der Waals surface area contributed by atoms with Crippen molar-refractivity contribution in [3.05, 3.63) is 34.3 Å². The summed E-state index contributed by atoms with van der Waals surface area (Å²) in [6, 6.07) is 3.64. The number of imidazole rings is 1. The van der Waals surface area contributed by atoms with Gasteiger partial charge in [-0.3, -0.25) is 0 Å². The van der Waals surface area contributed by atoms with Crippen LogP contribution in [0.4, 0.5) is 0 Å². The van der Waals surface area contributed by atoms with Gasteiger partial charge >= 0.3 is 5.97 Å². The van der Waals surface area contributed by atoms with Crippen molar-refractivity contribution in [2.75, 3.05) is 13.1 Å². The number of carboxylic acid groups (broad SMARTS) is 1. The van der Waals surface area contributed by atoms with Crippen LogP contribution in [0.3, 0.4) is 0 Å². The van der Waals surface area contributed by atoms with E-state index in [2.05, 4.69) is 26.2 Å². The minimum absolute atomic E-state index is 0.140. The summed E-state index contributed by atoms with van der Waals surface area (Å²) in [5.74, 6) is 0.439. The Morgan fingerprint density at radius 1 is 1.45 bits per heavy atom. The first kappa shape index (κ1) is 13.6. The number of hydrogen-bond donors (Lipinski definition) is 2. The molecule has 0 radical (unpaired) electrons. The molecule has 0 aliphatic carbocycles. The Bertz CT molecular complexity index is 647. The number of carbonyl (C=O) groups is 1. The first-order valence-corrected chi connectivity index (χ1v) is 7.55. The molecule has 1 aliphatic heterocycles. The van der Waals surface area contributed by atoms with Crippen LogP contribution in [0.5, 0.6) is 0 Å². The van der Waals surface area contributed by atoms with Crippen LogP contribution in [0.1, 0.15) is 29.2 Å². The van der Waals surface area contributed by atoms with Crippen LogP contribution in [0.25, 0.3) is 5.52 Å². The lowest BCUT2D eigenvalue weighted by Crippen LogP contribution is -2.29. The number of nitrogens with zero attached hydrogens (tertiary/aromatic N) is 2. The quantitative estimate of drug-likeness (QED) is 0.902. The molecule has 2 aromatic heterocycles. The van der Waals surface area contributed by atoms with E-state index in [1.54, 1.807) is 6.07 Å². The molecular formula is C14H16BrN3O2. The third-order valence-electron chi connectivity index (χ3n) is 3.81. The van der Waals surface area contributed by atoms with Crippen LogP contribution in [-0.4, -0.2) is 33.6 Å². The Balaban J connectivity index is 2.00. The summed E-state index contributed by atoms with van der Waals surface area (Å²) in [5.41, 5.74) is 0.797. The van der Waals surface area contributed by atoms with Gasteiger partial charge in [0.15, 0.2) is 5.69 Å². The average Bonchev–Trinajstić information content (AvgIpc) is 2.78. The van der Waals surface area contributed by atoms with Gasteiger partial charge in [-0.05, 0) is 59.9 Å². The number of nitrogens with one attached hydrogen (secondary N) is 1. The maximum Gasteiger partial charge on any atom is 0.356 e. The van der Waals surface area contributed by atoms with E-state index in [9.17, 15) is 9.90 Å². The molecule has 1 aliphatic rings. The molecule has 5 nitrogen and oxygen atoms in total. The van der Waals surface area contributed by atoms with Crippen molar-refractivity contribution in [3.63, 3.8) is 0 Å². The summed E-state index contributed by atoms with van der Waals surface area (Å²) < 4.78 is 2.82. The van der Waals surface area contributed by atoms with Crippen molar-refractivity contribution >= 4 is 27.4 Å². The Morgan fingerprint density at radius 3 is 2.90 bits per heavy atom. The van der Waals surface area contributed by atoms with Gasteiger partial charge in [-0.1, -0.05) is 0 Å². The number of aromatic carboxylic acids is 1. The molecule has 20 heavy (non-hydrogen) atoms. The highest BCUT2D eigenvalue weighted by atomic mass is 79.9. The third kappa shape index (κ3) is 2.58. The Hall–Kier alpha value is -1.40. The molecule has 0 aromatic carbocycles. The summed E-state index contributed by atoms with van der Waals surface area (Å²) in [5, 5.41) is 12.6. The second kappa shape index (κ2) is 5.54. The van der Waals surface area contributed by atoms with Gasteiger partial charge in [0, 0.05) is 17.1 Å². The summed E-state index contributed by atoms with van der Waals surface area (Å²) in [6.45, 7) is 2.06. The SMILES string of the molecule is O=C(O)c1nc(CC2CCNCC2)n2cc(Br)ccc12. The van der Waals surface area contributed by atoms with E-state index in [-0.39, 0.29) is 5.69 Å². The van der Waals surface area contributed by atoms with Crippen LogP contribution < -0.4 is 5.32 Å². The Kier molecular flexibility index (Phi) is 3.76. The van der Waals surface area contributed by atoms with Gasteiger partial charge in [0.05, 0.1) is 5.52 Å². The topological polar surface area (TPSA) is 66.6 Å². The normalized spacial score (nSPS) is 16.6. The molecule has 106 valence electrons. The first-order chi connectivity index (χ1) is 9.65. The molecule has 1 saturated heterocycles. The first-order valence-electron chi connectivity index (χ1n) is 6.75. The van der Waals surface area contributed by atoms with Gasteiger partial charge in [-0.15, -0.1) is 0 Å². The standard InChI is InChI=1S/C14H16BrN3O2/c15-10-1-2-11-13(14(19)20)17-12(18(11)8-10)7-9-3-5-16-6-4-9/h1-2,8-9,16H,3-7H2,(H,19,20). The zero-order valence-electron chi connectivity index (χ0n) is 11.0. The van der Waals surface area contributed by atoms with E-state index in [1.807, 2.05) is 16.7 Å². The van der Waals surface area contributed by atoms with Gasteiger partial charge in [0.2, 0.25) is 0 Å². The van der Waals surface area contributed by atoms with E-state index in [0.29, 0.717) is 11.4 Å². The highest BCUT2D eigenvalue weighted by molar-refractivity contribution is 9.10. The molecule has 0 saturated carbocycles. The molecule has 1 fully saturated rings. The average molecular weight is 338 g/mol. The number of pyridine rings is 1. The van der Waals surface area contributed by atoms with Gasteiger partial charge < -0.3 is 14.8 Å². The zero-order valence-corrected chi connectivity index (χ0v) is 12.6. The maximum absolute atomic E-state index is 11.3. The molecule has 2 N–H and O–H groups in total. The van der Waals surface area contributed by atoms with Crippen molar-refractivity contribution in [3.8, 4) is 0 Å². The number of rotatable bonds is 3. The van der Waals surface area contributed by atoms with Gasteiger partial charge in [0.1, 0.15) is 5.82 Å². The lowest BCUT2D eigenvalue weighted by Gasteiger charge is -2.21. The summed E-state index contributed by atoms with van der Waals surface area (Å²) in [7, 11) is 0. The van der Waals surface area contributed by atoms with Gasteiger partial charge in [0.25, 0.3) is 0 Å². The smallest absolute Gasteiger partial charge is 0.356 e. The Labute approximate surface area is 125 Å². The minimum atomic E-state index is -0.971. The van der Waals surface area contributed by atoms with Crippen molar-refractivity contribution in [2.45, 2.75) is 19.3 Å². The summed E-state index contributed by atoms with van der Waals surface area (Å²) in [6.07, 6.45) is 4.95. The van der Waals surface area contributed by atoms with E-state index in [1.165, 1.54) is 0 Å².